The lowest BCUT2D eigenvalue weighted by molar-refractivity contribution is -0.127. The number of rotatable bonds is 5. The maximum Gasteiger partial charge on any atom is 0.226 e. The summed E-state index contributed by atoms with van der Waals surface area (Å²) in [6, 6.07) is 8.02. The van der Waals surface area contributed by atoms with Crippen LogP contribution >= 0.6 is 11.3 Å². The molecule has 0 spiro atoms. The minimum absolute atomic E-state index is 0.117. The van der Waals surface area contributed by atoms with Crippen molar-refractivity contribution in [2.45, 2.75) is 26.8 Å². The van der Waals surface area contributed by atoms with E-state index < -0.39 is 0 Å². The second-order valence-electron chi connectivity index (χ2n) is 5.26. The summed E-state index contributed by atoms with van der Waals surface area (Å²) in [5.41, 5.74) is 3.18. The van der Waals surface area contributed by atoms with E-state index in [1.807, 2.05) is 38.1 Å². The number of nitrogens with zero attached hydrogens (tertiary/aromatic N) is 2. The van der Waals surface area contributed by atoms with E-state index in [1.165, 1.54) is 4.88 Å². The molecular weight excluding hydrogens is 282 g/mol. The average Bonchev–Trinajstić information content (AvgIpc) is 2.76. The van der Waals surface area contributed by atoms with Crippen LogP contribution in [0.15, 0.2) is 24.3 Å². The molecule has 0 aliphatic carbocycles. The highest BCUT2D eigenvalue weighted by Gasteiger charge is 2.06. The molecule has 2 aromatic rings. The van der Waals surface area contributed by atoms with Crippen molar-refractivity contribution in [3.63, 3.8) is 0 Å². The molecule has 0 aliphatic rings. The van der Waals surface area contributed by atoms with Crippen LogP contribution in [0.25, 0.3) is 0 Å². The molecule has 0 aliphatic heterocycles. The molecule has 1 aromatic carbocycles. The van der Waals surface area contributed by atoms with E-state index in [0.717, 1.165) is 28.5 Å². The Morgan fingerprint density at radius 1 is 1.24 bits per heavy atom. The van der Waals surface area contributed by atoms with Crippen LogP contribution in [0.1, 0.15) is 21.1 Å². The summed E-state index contributed by atoms with van der Waals surface area (Å²) >= 11 is 1.72. The topological polar surface area (TPSA) is 45.2 Å². The molecule has 0 fully saturated rings. The van der Waals surface area contributed by atoms with Crippen molar-refractivity contribution in [3.05, 3.63) is 45.4 Å². The SMILES string of the molecule is Cc1nc(C)c(CNc2ccc(CC(=O)N(C)C)cc2)s1. The largest absolute Gasteiger partial charge is 0.380 e. The minimum atomic E-state index is 0.117. The lowest BCUT2D eigenvalue weighted by Crippen LogP contribution is -2.23. The van der Waals surface area contributed by atoms with Gasteiger partial charge in [-0.2, -0.15) is 0 Å². The molecule has 21 heavy (non-hydrogen) atoms. The van der Waals surface area contributed by atoms with Crippen molar-refractivity contribution in [2.75, 3.05) is 19.4 Å². The number of aromatic nitrogens is 1. The zero-order chi connectivity index (χ0) is 15.4. The number of thiazole rings is 1. The van der Waals surface area contributed by atoms with Gasteiger partial charge in [0, 0.05) is 24.7 Å². The summed E-state index contributed by atoms with van der Waals surface area (Å²) in [4.78, 5) is 19.0. The summed E-state index contributed by atoms with van der Waals surface area (Å²) < 4.78 is 0. The predicted octanol–water partition coefficient (Wildman–Crippen LogP) is 3.00. The predicted molar refractivity (Wildman–Crippen MR) is 87.8 cm³/mol. The summed E-state index contributed by atoms with van der Waals surface area (Å²) in [6.45, 7) is 4.85. The second kappa shape index (κ2) is 6.72. The quantitative estimate of drug-likeness (QED) is 0.923. The van der Waals surface area contributed by atoms with Gasteiger partial charge in [0.25, 0.3) is 0 Å². The number of nitrogens with one attached hydrogen (secondary N) is 1. The van der Waals surface area contributed by atoms with Crippen LogP contribution in [0.2, 0.25) is 0 Å². The van der Waals surface area contributed by atoms with Gasteiger partial charge in [-0.3, -0.25) is 4.79 Å². The number of hydrogen-bond acceptors (Lipinski definition) is 4. The number of carbonyl (C=O) groups is 1. The second-order valence-corrected chi connectivity index (χ2v) is 6.54. The Kier molecular flexibility index (Phi) is 4.96. The molecule has 1 amide bonds. The molecule has 0 atom stereocenters. The molecular formula is C16H21N3OS. The van der Waals surface area contributed by atoms with E-state index in [-0.39, 0.29) is 5.91 Å². The molecule has 0 radical (unpaired) electrons. The van der Waals surface area contributed by atoms with Gasteiger partial charge in [0.15, 0.2) is 0 Å². The molecule has 5 heteroatoms. The fourth-order valence-electron chi connectivity index (χ4n) is 1.99. The van der Waals surface area contributed by atoms with Crippen LogP contribution in [-0.4, -0.2) is 29.9 Å². The number of amides is 1. The molecule has 1 N–H and O–H groups in total. The van der Waals surface area contributed by atoms with E-state index in [2.05, 4.69) is 10.3 Å². The third-order valence-corrected chi connectivity index (χ3v) is 4.33. The number of hydrogen-bond donors (Lipinski definition) is 1. The van der Waals surface area contributed by atoms with E-state index in [9.17, 15) is 4.79 Å². The van der Waals surface area contributed by atoms with Crippen molar-refractivity contribution < 1.29 is 4.79 Å². The Labute approximate surface area is 129 Å². The molecule has 0 bridgehead atoms. The van der Waals surface area contributed by atoms with Crippen molar-refractivity contribution in [2.24, 2.45) is 0 Å². The third-order valence-electron chi connectivity index (χ3n) is 3.26. The highest BCUT2D eigenvalue weighted by atomic mass is 32.1. The van der Waals surface area contributed by atoms with Gasteiger partial charge in [0.05, 0.1) is 23.7 Å². The Balaban J connectivity index is 1.93. The standard InChI is InChI=1S/C16H21N3OS/c1-11-15(21-12(2)18-11)10-17-14-7-5-13(6-8-14)9-16(20)19(3)4/h5-8,17H,9-10H2,1-4H3. The summed E-state index contributed by atoms with van der Waals surface area (Å²) in [5, 5.41) is 4.49. The molecule has 2 rings (SSSR count). The Hall–Kier alpha value is -1.88. The third kappa shape index (κ3) is 4.29. The number of carbonyl (C=O) groups excluding carboxylic acids is 1. The van der Waals surface area contributed by atoms with Crippen LogP contribution in [0.4, 0.5) is 5.69 Å². The molecule has 0 unspecified atom stereocenters. The first kappa shape index (κ1) is 15.5. The van der Waals surface area contributed by atoms with E-state index in [4.69, 9.17) is 0 Å². The number of anilines is 1. The Morgan fingerprint density at radius 2 is 1.90 bits per heavy atom. The normalized spacial score (nSPS) is 10.5. The molecule has 112 valence electrons. The molecule has 1 heterocycles. The van der Waals surface area contributed by atoms with Gasteiger partial charge in [-0.1, -0.05) is 12.1 Å². The molecule has 0 saturated carbocycles. The van der Waals surface area contributed by atoms with Crippen LogP contribution in [0.5, 0.6) is 0 Å². The lowest BCUT2D eigenvalue weighted by Gasteiger charge is -2.11. The van der Waals surface area contributed by atoms with Crippen molar-refractivity contribution >= 4 is 22.9 Å². The zero-order valence-corrected chi connectivity index (χ0v) is 13.8. The van der Waals surface area contributed by atoms with Crippen LogP contribution in [0.3, 0.4) is 0 Å². The van der Waals surface area contributed by atoms with Crippen LogP contribution < -0.4 is 5.32 Å². The van der Waals surface area contributed by atoms with Gasteiger partial charge >= 0.3 is 0 Å². The summed E-state index contributed by atoms with van der Waals surface area (Å²) in [7, 11) is 3.55. The lowest BCUT2D eigenvalue weighted by atomic mass is 10.1. The van der Waals surface area contributed by atoms with Gasteiger partial charge in [0.2, 0.25) is 5.91 Å². The summed E-state index contributed by atoms with van der Waals surface area (Å²) in [6.07, 6.45) is 0.445. The van der Waals surface area contributed by atoms with Crippen LogP contribution in [0, 0.1) is 13.8 Å². The highest BCUT2D eigenvalue weighted by Crippen LogP contribution is 2.19. The Bertz CT molecular complexity index is 617. The monoisotopic (exact) mass is 303 g/mol. The van der Waals surface area contributed by atoms with Gasteiger partial charge in [-0.15, -0.1) is 11.3 Å². The van der Waals surface area contributed by atoms with E-state index in [0.29, 0.717) is 6.42 Å². The van der Waals surface area contributed by atoms with Gasteiger partial charge in [0.1, 0.15) is 0 Å². The maximum atomic E-state index is 11.7. The fraction of sp³-hybridized carbons (Fsp3) is 0.375. The maximum absolute atomic E-state index is 11.7. The number of likely N-dealkylation sites (N-methyl/N-ethyl adjacent to an activating group) is 1. The zero-order valence-electron chi connectivity index (χ0n) is 12.9. The van der Waals surface area contributed by atoms with Crippen molar-refractivity contribution in [1.29, 1.82) is 0 Å². The van der Waals surface area contributed by atoms with Gasteiger partial charge in [-0.05, 0) is 31.5 Å². The van der Waals surface area contributed by atoms with E-state index in [1.54, 1.807) is 30.3 Å². The first-order chi connectivity index (χ1) is 9.95. The molecule has 0 saturated heterocycles. The molecule has 1 aromatic heterocycles. The first-order valence-corrected chi connectivity index (χ1v) is 7.73. The van der Waals surface area contributed by atoms with Crippen molar-refractivity contribution in [1.82, 2.24) is 9.88 Å². The average molecular weight is 303 g/mol. The minimum Gasteiger partial charge on any atom is -0.380 e. The number of aryl methyl sites for hydroxylation is 2. The van der Waals surface area contributed by atoms with Crippen LogP contribution in [-0.2, 0) is 17.8 Å². The Morgan fingerprint density at radius 3 is 2.43 bits per heavy atom. The first-order valence-electron chi connectivity index (χ1n) is 6.91. The smallest absolute Gasteiger partial charge is 0.226 e. The van der Waals surface area contributed by atoms with Gasteiger partial charge < -0.3 is 10.2 Å². The number of benzene rings is 1. The fourth-order valence-corrected chi connectivity index (χ4v) is 2.87. The van der Waals surface area contributed by atoms with E-state index >= 15 is 0 Å². The van der Waals surface area contributed by atoms with Gasteiger partial charge in [-0.25, -0.2) is 4.98 Å². The summed E-state index contributed by atoms with van der Waals surface area (Å²) in [5.74, 6) is 0.117. The highest BCUT2D eigenvalue weighted by molar-refractivity contribution is 7.11. The van der Waals surface area contributed by atoms with Crippen molar-refractivity contribution in [3.8, 4) is 0 Å². The molecule has 4 nitrogen and oxygen atoms in total.